The first-order valence-corrected chi connectivity index (χ1v) is 6.96. The van der Waals surface area contributed by atoms with Gasteiger partial charge in [0.15, 0.2) is 5.82 Å². The average molecular weight is 275 g/mol. The fourth-order valence-corrected chi connectivity index (χ4v) is 2.20. The maximum absolute atomic E-state index is 13.2. The molecule has 0 radical (unpaired) electrons. The molecule has 1 heterocycles. The standard InChI is InChI=1S/C10H14FN3O3S/c1-2-14-18(16,17)6-5-13-10(15)8-3-4-12-7-9(8)11/h3-4,7,14H,2,5-6H2,1H3,(H,13,15). The number of carbonyl (C=O) groups is 1. The van der Waals surface area contributed by atoms with Crippen LogP contribution in [0.25, 0.3) is 0 Å². The molecule has 1 aromatic rings. The Morgan fingerprint density at radius 2 is 2.22 bits per heavy atom. The van der Waals surface area contributed by atoms with Gasteiger partial charge < -0.3 is 5.32 Å². The molecule has 0 fully saturated rings. The summed E-state index contributed by atoms with van der Waals surface area (Å²) in [6, 6.07) is 1.23. The van der Waals surface area contributed by atoms with Crippen molar-refractivity contribution in [2.45, 2.75) is 6.92 Å². The summed E-state index contributed by atoms with van der Waals surface area (Å²) in [6.07, 6.45) is 2.21. The number of halogens is 1. The van der Waals surface area contributed by atoms with E-state index in [9.17, 15) is 17.6 Å². The number of carbonyl (C=O) groups excluding carboxylic acids is 1. The fourth-order valence-electron chi connectivity index (χ4n) is 1.25. The molecule has 1 amide bonds. The van der Waals surface area contributed by atoms with Crippen molar-refractivity contribution in [1.29, 1.82) is 0 Å². The minimum absolute atomic E-state index is 0.0874. The maximum Gasteiger partial charge on any atom is 0.254 e. The zero-order valence-electron chi connectivity index (χ0n) is 9.81. The van der Waals surface area contributed by atoms with E-state index in [2.05, 4.69) is 15.0 Å². The molecule has 2 N–H and O–H groups in total. The van der Waals surface area contributed by atoms with Crippen LogP contribution in [0.3, 0.4) is 0 Å². The molecule has 0 atom stereocenters. The number of sulfonamides is 1. The zero-order valence-corrected chi connectivity index (χ0v) is 10.6. The SMILES string of the molecule is CCNS(=O)(=O)CCNC(=O)c1ccncc1F. The number of amides is 1. The summed E-state index contributed by atoms with van der Waals surface area (Å²) in [6.45, 7) is 1.85. The Bertz CT molecular complexity index is 519. The van der Waals surface area contributed by atoms with Crippen molar-refractivity contribution in [1.82, 2.24) is 15.0 Å². The highest BCUT2D eigenvalue weighted by atomic mass is 32.2. The van der Waals surface area contributed by atoms with Gasteiger partial charge in [0.05, 0.1) is 17.5 Å². The van der Waals surface area contributed by atoms with Crippen LogP contribution >= 0.6 is 0 Å². The van der Waals surface area contributed by atoms with Gasteiger partial charge in [-0.2, -0.15) is 0 Å². The summed E-state index contributed by atoms with van der Waals surface area (Å²) in [7, 11) is -3.39. The van der Waals surface area contributed by atoms with E-state index in [-0.39, 0.29) is 24.4 Å². The second-order valence-corrected chi connectivity index (χ2v) is 5.35. The lowest BCUT2D eigenvalue weighted by Crippen LogP contribution is -2.34. The van der Waals surface area contributed by atoms with E-state index in [1.54, 1.807) is 6.92 Å². The number of nitrogens with one attached hydrogen (secondary N) is 2. The van der Waals surface area contributed by atoms with Crippen LogP contribution in [-0.4, -0.2) is 38.2 Å². The molecule has 1 aromatic heterocycles. The van der Waals surface area contributed by atoms with Gasteiger partial charge in [-0.15, -0.1) is 0 Å². The van der Waals surface area contributed by atoms with E-state index < -0.39 is 21.7 Å². The van der Waals surface area contributed by atoms with Gasteiger partial charge >= 0.3 is 0 Å². The molecule has 0 saturated heterocycles. The molecule has 0 aromatic carbocycles. The molecule has 18 heavy (non-hydrogen) atoms. The quantitative estimate of drug-likeness (QED) is 0.758. The molecule has 8 heteroatoms. The third-order valence-electron chi connectivity index (χ3n) is 2.04. The first-order chi connectivity index (χ1) is 8.46. The van der Waals surface area contributed by atoms with Gasteiger partial charge in [-0.05, 0) is 6.07 Å². The summed E-state index contributed by atoms with van der Waals surface area (Å²) in [5.74, 6) is -1.66. The van der Waals surface area contributed by atoms with Crippen molar-refractivity contribution in [3.05, 3.63) is 29.8 Å². The second kappa shape index (κ2) is 6.41. The van der Waals surface area contributed by atoms with Crippen molar-refractivity contribution in [2.75, 3.05) is 18.8 Å². The summed E-state index contributed by atoms with van der Waals surface area (Å²) in [5.41, 5.74) is -0.161. The molecule has 100 valence electrons. The van der Waals surface area contributed by atoms with Crippen molar-refractivity contribution >= 4 is 15.9 Å². The van der Waals surface area contributed by atoms with E-state index in [4.69, 9.17) is 0 Å². The summed E-state index contributed by atoms with van der Waals surface area (Å²) < 4.78 is 38.0. The number of nitrogens with zero attached hydrogens (tertiary/aromatic N) is 1. The Labute approximate surface area is 105 Å². The van der Waals surface area contributed by atoms with Crippen LogP contribution < -0.4 is 10.0 Å². The minimum atomic E-state index is -3.39. The molecule has 6 nitrogen and oxygen atoms in total. The van der Waals surface area contributed by atoms with Crippen LogP contribution in [0.4, 0.5) is 4.39 Å². The first-order valence-electron chi connectivity index (χ1n) is 5.31. The lowest BCUT2D eigenvalue weighted by atomic mass is 10.2. The minimum Gasteiger partial charge on any atom is -0.351 e. The highest BCUT2D eigenvalue weighted by molar-refractivity contribution is 7.89. The molecule has 0 aliphatic heterocycles. The lowest BCUT2D eigenvalue weighted by Gasteiger charge is -2.06. The van der Waals surface area contributed by atoms with E-state index >= 15 is 0 Å². The van der Waals surface area contributed by atoms with Crippen LogP contribution in [0.2, 0.25) is 0 Å². The Kier molecular flexibility index (Phi) is 5.17. The number of aromatic nitrogens is 1. The molecule has 0 unspecified atom stereocenters. The number of pyridine rings is 1. The number of hydrogen-bond donors (Lipinski definition) is 2. The Balaban J connectivity index is 2.51. The fraction of sp³-hybridized carbons (Fsp3) is 0.400. The Hall–Kier alpha value is -1.54. The first kappa shape index (κ1) is 14.5. The second-order valence-electron chi connectivity index (χ2n) is 3.43. The third-order valence-corrected chi connectivity index (χ3v) is 3.51. The van der Waals surface area contributed by atoms with Gasteiger partial charge in [-0.3, -0.25) is 9.78 Å². The van der Waals surface area contributed by atoms with Crippen LogP contribution in [-0.2, 0) is 10.0 Å². The highest BCUT2D eigenvalue weighted by Crippen LogP contribution is 2.03. The highest BCUT2D eigenvalue weighted by Gasteiger charge is 2.13. The summed E-state index contributed by atoms with van der Waals surface area (Å²) in [4.78, 5) is 15.0. The maximum atomic E-state index is 13.2. The predicted octanol–water partition coefficient (Wildman–Crippen LogP) is -0.110. The van der Waals surface area contributed by atoms with Crippen LogP contribution in [0.5, 0.6) is 0 Å². The van der Waals surface area contributed by atoms with Crippen LogP contribution in [0.15, 0.2) is 18.5 Å². The largest absolute Gasteiger partial charge is 0.351 e. The molecule has 0 spiro atoms. The molecule has 0 saturated carbocycles. The monoisotopic (exact) mass is 275 g/mol. The van der Waals surface area contributed by atoms with E-state index in [0.29, 0.717) is 0 Å². The smallest absolute Gasteiger partial charge is 0.254 e. The van der Waals surface area contributed by atoms with Gasteiger partial charge in [-0.25, -0.2) is 17.5 Å². The molecule has 0 aliphatic rings. The molecular weight excluding hydrogens is 261 g/mol. The topological polar surface area (TPSA) is 88.2 Å². The van der Waals surface area contributed by atoms with Gasteiger partial charge in [0, 0.05) is 19.3 Å². The van der Waals surface area contributed by atoms with Gasteiger partial charge in [0.2, 0.25) is 10.0 Å². The average Bonchev–Trinajstić information content (AvgIpc) is 2.29. The predicted molar refractivity (Wildman–Crippen MR) is 64.0 cm³/mol. The zero-order chi connectivity index (χ0) is 13.6. The van der Waals surface area contributed by atoms with E-state index in [0.717, 1.165) is 6.20 Å². The molecule has 1 rings (SSSR count). The normalized spacial score (nSPS) is 11.2. The van der Waals surface area contributed by atoms with Gasteiger partial charge in [0.25, 0.3) is 5.91 Å². The van der Waals surface area contributed by atoms with Crippen LogP contribution in [0.1, 0.15) is 17.3 Å². The Morgan fingerprint density at radius 3 is 2.83 bits per heavy atom. The van der Waals surface area contributed by atoms with Gasteiger partial charge in [-0.1, -0.05) is 6.92 Å². The third kappa shape index (κ3) is 4.38. The van der Waals surface area contributed by atoms with E-state index in [1.165, 1.54) is 12.3 Å². The summed E-state index contributed by atoms with van der Waals surface area (Å²) >= 11 is 0. The van der Waals surface area contributed by atoms with Crippen molar-refractivity contribution < 1.29 is 17.6 Å². The number of rotatable bonds is 6. The number of hydrogen-bond acceptors (Lipinski definition) is 4. The van der Waals surface area contributed by atoms with Crippen molar-refractivity contribution in [2.24, 2.45) is 0 Å². The van der Waals surface area contributed by atoms with Gasteiger partial charge in [0.1, 0.15) is 0 Å². The summed E-state index contributed by atoms with van der Waals surface area (Å²) in [5, 5.41) is 2.33. The van der Waals surface area contributed by atoms with Crippen molar-refractivity contribution in [3.8, 4) is 0 Å². The van der Waals surface area contributed by atoms with Crippen LogP contribution in [0, 0.1) is 5.82 Å². The van der Waals surface area contributed by atoms with Crippen molar-refractivity contribution in [3.63, 3.8) is 0 Å². The van der Waals surface area contributed by atoms with E-state index in [1.807, 2.05) is 0 Å². The Morgan fingerprint density at radius 1 is 1.50 bits per heavy atom. The molecule has 0 bridgehead atoms. The molecule has 0 aliphatic carbocycles. The lowest BCUT2D eigenvalue weighted by molar-refractivity contribution is 0.0952. The molecular formula is C10H14FN3O3S.